The first-order chi connectivity index (χ1) is 12.1. The fourth-order valence-electron chi connectivity index (χ4n) is 3.96. The van der Waals surface area contributed by atoms with Gasteiger partial charge >= 0.3 is 0 Å². The van der Waals surface area contributed by atoms with Crippen LogP contribution < -0.4 is 0 Å². The Hall–Kier alpha value is -1.44. The van der Waals surface area contributed by atoms with E-state index in [4.69, 9.17) is 0 Å². The topological polar surface area (TPSA) is 64.8 Å². The Morgan fingerprint density at radius 2 is 2.04 bits per heavy atom. The van der Waals surface area contributed by atoms with Crippen molar-refractivity contribution >= 4 is 5.91 Å². The van der Waals surface area contributed by atoms with Gasteiger partial charge in [0.15, 0.2) is 0 Å². The largest absolute Gasteiger partial charge is 0.396 e. The van der Waals surface area contributed by atoms with E-state index in [2.05, 4.69) is 21.9 Å². The number of likely N-dealkylation sites (tertiary alicyclic amines) is 1. The predicted octanol–water partition coefficient (Wildman–Crippen LogP) is 0.221. The molecule has 1 aromatic heterocycles. The van der Waals surface area contributed by atoms with Crippen LogP contribution in [0.5, 0.6) is 0 Å². The minimum Gasteiger partial charge on any atom is -0.396 e. The van der Waals surface area contributed by atoms with Gasteiger partial charge in [-0.05, 0) is 39.4 Å². The van der Waals surface area contributed by atoms with Crippen molar-refractivity contribution in [1.29, 1.82) is 0 Å². The van der Waals surface area contributed by atoms with E-state index >= 15 is 0 Å². The predicted molar refractivity (Wildman–Crippen MR) is 96.4 cm³/mol. The molecule has 7 nitrogen and oxygen atoms in total. The monoisotopic (exact) mass is 349 g/mol. The van der Waals surface area contributed by atoms with Crippen molar-refractivity contribution in [1.82, 2.24) is 24.5 Å². The van der Waals surface area contributed by atoms with Gasteiger partial charge < -0.3 is 19.8 Å². The normalized spacial score (nSPS) is 26.1. The molecule has 140 valence electrons. The van der Waals surface area contributed by atoms with Crippen LogP contribution in [0.15, 0.2) is 12.4 Å². The van der Waals surface area contributed by atoms with Gasteiger partial charge in [-0.3, -0.25) is 9.48 Å². The molecule has 1 N–H and O–H groups in total. The summed E-state index contributed by atoms with van der Waals surface area (Å²) < 4.78 is 1.78. The number of aromatic nitrogens is 2. The van der Waals surface area contributed by atoms with E-state index in [-0.39, 0.29) is 18.4 Å². The van der Waals surface area contributed by atoms with Gasteiger partial charge in [0.1, 0.15) is 0 Å². The second-order valence-corrected chi connectivity index (χ2v) is 7.46. The molecule has 0 aliphatic carbocycles. The molecule has 3 rings (SSSR count). The van der Waals surface area contributed by atoms with Crippen LogP contribution in [0.3, 0.4) is 0 Å². The maximum Gasteiger partial charge on any atom is 0.257 e. The first-order valence-corrected chi connectivity index (χ1v) is 9.44. The maximum atomic E-state index is 12.7. The first-order valence-electron chi connectivity index (χ1n) is 9.44. The number of carbonyl (C=O) groups excluding carboxylic acids is 1. The quantitative estimate of drug-likeness (QED) is 0.824. The summed E-state index contributed by atoms with van der Waals surface area (Å²) in [5, 5.41) is 14.0. The van der Waals surface area contributed by atoms with E-state index in [1.807, 2.05) is 18.0 Å². The standard InChI is InChI=1S/C18H31N5O2/c1-3-23-13-15(9-19-23)18(25)22-11-16(17(12-22)14-24)10-21-6-4-5-20(2)7-8-21/h9,13,16-17,24H,3-8,10-12,14H2,1-2H3. The zero-order valence-corrected chi connectivity index (χ0v) is 15.5. The maximum absolute atomic E-state index is 12.7. The molecule has 3 heterocycles. The van der Waals surface area contributed by atoms with Gasteiger partial charge in [0, 0.05) is 58.0 Å². The minimum absolute atomic E-state index is 0.0382. The van der Waals surface area contributed by atoms with Gasteiger partial charge in [-0.2, -0.15) is 5.10 Å². The highest BCUT2D eigenvalue weighted by molar-refractivity contribution is 5.93. The van der Waals surface area contributed by atoms with Gasteiger partial charge in [0.25, 0.3) is 5.91 Å². The lowest BCUT2D eigenvalue weighted by Gasteiger charge is -2.26. The Balaban J connectivity index is 1.60. The summed E-state index contributed by atoms with van der Waals surface area (Å²) in [6.45, 7) is 9.68. The second-order valence-electron chi connectivity index (χ2n) is 7.46. The van der Waals surface area contributed by atoms with E-state index in [9.17, 15) is 9.90 Å². The third-order valence-corrected chi connectivity index (χ3v) is 5.61. The average Bonchev–Trinajstić information content (AvgIpc) is 3.20. The fourth-order valence-corrected chi connectivity index (χ4v) is 3.96. The number of aryl methyl sites for hydroxylation is 1. The highest BCUT2D eigenvalue weighted by Crippen LogP contribution is 2.26. The molecular weight excluding hydrogens is 318 g/mol. The number of amides is 1. The molecule has 0 radical (unpaired) electrons. The van der Waals surface area contributed by atoms with E-state index in [0.717, 1.165) is 45.8 Å². The molecule has 2 fully saturated rings. The summed E-state index contributed by atoms with van der Waals surface area (Å²) in [5.41, 5.74) is 0.649. The number of likely N-dealkylation sites (N-methyl/N-ethyl adjacent to an activating group) is 1. The number of carbonyl (C=O) groups is 1. The Morgan fingerprint density at radius 1 is 1.24 bits per heavy atom. The van der Waals surface area contributed by atoms with Crippen LogP contribution in [0.2, 0.25) is 0 Å². The van der Waals surface area contributed by atoms with E-state index < -0.39 is 0 Å². The molecule has 1 aromatic rings. The minimum atomic E-state index is 0.0382. The molecule has 2 aliphatic heterocycles. The van der Waals surface area contributed by atoms with Crippen LogP contribution in [0, 0.1) is 11.8 Å². The number of nitrogens with zero attached hydrogens (tertiary/aromatic N) is 5. The van der Waals surface area contributed by atoms with Gasteiger partial charge in [0.2, 0.25) is 0 Å². The zero-order valence-electron chi connectivity index (χ0n) is 15.5. The number of hydrogen-bond donors (Lipinski definition) is 1. The zero-order chi connectivity index (χ0) is 17.8. The van der Waals surface area contributed by atoms with Crippen LogP contribution in [0.1, 0.15) is 23.7 Å². The molecule has 2 unspecified atom stereocenters. The second kappa shape index (κ2) is 8.29. The number of rotatable bonds is 5. The summed E-state index contributed by atoms with van der Waals surface area (Å²) >= 11 is 0. The van der Waals surface area contributed by atoms with E-state index in [1.165, 1.54) is 6.42 Å². The summed E-state index contributed by atoms with van der Waals surface area (Å²) in [5.74, 6) is 0.556. The third-order valence-electron chi connectivity index (χ3n) is 5.61. The number of hydrogen-bond acceptors (Lipinski definition) is 5. The van der Waals surface area contributed by atoms with Crippen molar-refractivity contribution in [2.45, 2.75) is 19.9 Å². The molecule has 2 saturated heterocycles. The molecule has 7 heteroatoms. The summed E-state index contributed by atoms with van der Waals surface area (Å²) in [7, 11) is 2.17. The van der Waals surface area contributed by atoms with Crippen molar-refractivity contribution in [3.8, 4) is 0 Å². The molecule has 2 aliphatic rings. The first kappa shape index (κ1) is 18.4. The Morgan fingerprint density at radius 3 is 2.76 bits per heavy atom. The molecule has 1 amide bonds. The van der Waals surface area contributed by atoms with Crippen molar-refractivity contribution in [2.75, 3.05) is 59.5 Å². The van der Waals surface area contributed by atoms with Crippen molar-refractivity contribution in [3.63, 3.8) is 0 Å². The SMILES string of the molecule is CCn1cc(C(=O)N2CC(CO)C(CN3CCCN(C)CC3)C2)cn1. The lowest BCUT2D eigenvalue weighted by atomic mass is 9.96. The van der Waals surface area contributed by atoms with Crippen LogP contribution >= 0.6 is 0 Å². The fraction of sp³-hybridized carbons (Fsp3) is 0.778. The van der Waals surface area contributed by atoms with Crippen LogP contribution in [-0.2, 0) is 6.54 Å². The van der Waals surface area contributed by atoms with Gasteiger partial charge in [-0.1, -0.05) is 0 Å². The van der Waals surface area contributed by atoms with Crippen LogP contribution in [-0.4, -0.2) is 95.0 Å². The molecular formula is C18H31N5O2. The average molecular weight is 349 g/mol. The highest BCUT2D eigenvalue weighted by atomic mass is 16.3. The molecule has 0 aromatic carbocycles. The molecule has 2 atom stereocenters. The molecule has 25 heavy (non-hydrogen) atoms. The smallest absolute Gasteiger partial charge is 0.257 e. The van der Waals surface area contributed by atoms with Crippen LogP contribution in [0.4, 0.5) is 0 Å². The van der Waals surface area contributed by atoms with Crippen molar-refractivity contribution in [3.05, 3.63) is 18.0 Å². The Labute approximate surface area is 150 Å². The van der Waals surface area contributed by atoms with Crippen molar-refractivity contribution < 1.29 is 9.90 Å². The van der Waals surface area contributed by atoms with E-state index in [0.29, 0.717) is 18.0 Å². The van der Waals surface area contributed by atoms with E-state index in [1.54, 1.807) is 10.9 Å². The van der Waals surface area contributed by atoms with Crippen LogP contribution in [0.25, 0.3) is 0 Å². The lowest BCUT2D eigenvalue weighted by molar-refractivity contribution is 0.0779. The number of aliphatic hydroxyl groups is 1. The van der Waals surface area contributed by atoms with Gasteiger partial charge in [0.05, 0.1) is 11.8 Å². The molecule has 0 bridgehead atoms. The third kappa shape index (κ3) is 4.40. The Kier molecular flexibility index (Phi) is 6.09. The van der Waals surface area contributed by atoms with Gasteiger partial charge in [-0.15, -0.1) is 0 Å². The summed E-state index contributed by atoms with van der Waals surface area (Å²) in [6.07, 6.45) is 4.65. The summed E-state index contributed by atoms with van der Waals surface area (Å²) in [4.78, 5) is 19.5. The molecule has 0 spiro atoms. The lowest BCUT2D eigenvalue weighted by Crippen LogP contribution is -2.36. The number of aliphatic hydroxyl groups excluding tert-OH is 1. The summed E-state index contributed by atoms with van der Waals surface area (Å²) in [6, 6.07) is 0. The highest BCUT2D eigenvalue weighted by Gasteiger charge is 2.36. The van der Waals surface area contributed by atoms with Gasteiger partial charge in [-0.25, -0.2) is 0 Å². The Bertz CT molecular complexity index is 576. The van der Waals surface area contributed by atoms with Crippen molar-refractivity contribution in [2.24, 2.45) is 11.8 Å². The molecule has 0 saturated carbocycles.